The Morgan fingerprint density at radius 3 is 2.39 bits per heavy atom. The maximum Gasteiger partial charge on any atom is 0.156 e. The average Bonchev–Trinajstić information content (AvgIpc) is 3.74. The number of likely N-dealkylation sites (N-methyl/N-ethyl adjacent to an activating group) is 1. The van der Waals surface area contributed by atoms with Gasteiger partial charge in [-0.3, -0.25) is 0 Å². The molecular weight excluding hydrogens is 697 g/mol. The Bertz CT molecular complexity index is 2880. The fraction of sp³-hybridized carbons (Fsp3) is 0.275. The van der Waals surface area contributed by atoms with Crippen LogP contribution < -0.4 is 10.6 Å². The molecule has 3 heterocycles. The molecule has 10 rings (SSSR count). The van der Waals surface area contributed by atoms with Crippen LogP contribution in [0.4, 0.5) is 0 Å². The zero-order valence-electron chi connectivity index (χ0n) is 33.4. The van der Waals surface area contributed by atoms with Crippen LogP contribution in [0.2, 0.25) is 0 Å². The van der Waals surface area contributed by atoms with Crippen molar-refractivity contribution in [2.75, 3.05) is 7.05 Å². The Morgan fingerprint density at radius 1 is 0.807 bits per heavy atom. The number of benzene rings is 3. The molecule has 0 bridgehead atoms. The van der Waals surface area contributed by atoms with Gasteiger partial charge in [-0.1, -0.05) is 107 Å². The molecule has 0 saturated heterocycles. The fourth-order valence-electron chi connectivity index (χ4n) is 9.89. The molecule has 0 N–H and O–H groups in total. The van der Waals surface area contributed by atoms with Crippen LogP contribution in [0.15, 0.2) is 125 Å². The summed E-state index contributed by atoms with van der Waals surface area (Å²) in [6.45, 7) is 9.28. The molecule has 57 heavy (non-hydrogen) atoms. The van der Waals surface area contributed by atoms with Gasteiger partial charge in [0.25, 0.3) is 0 Å². The van der Waals surface area contributed by atoms with E-state index >= 15 is 0 Å². The maximum atomic E-state index is 9.81. The number of hydrogen-bond acceptors (Lipinski definition) is 4. The van der Waals surface area contributed by atoms with Gasteiger partial charge in [0.15, 0.2) is 5.84 Å². The zero-order chi connectivity index (χ0) is 38.9. The first-order valence-electron chi connectivity index (χ1n) is 20.6. The van der Waals surface area contributed by atoms with Crippen LogP contribution in [0.3, 0.4) is 0 Å². The first kappa shape index (κ1) is 35.2. The first-order valence-corrected chi connectivity index (χ1v) is 20.6. The van der Waals surface area contributed by atoms with Crippen molar-refractivity contribution in [3.8, 4) is 11.8 Å². The van der Waals surface area contributed by atoms with Gasteiger partial charge in [-0.2, -0.15) is 5.26 Å². The Kier molecular flexibility index (Phi) is 8.52. The molecule has 2 aromatic heterocycles. The Labute approximate surface area is 334 Å². The topological polar surface area (TPSA) is 61.6 Å². The van der Waals surface area contributed by atoms with Gasteiger partial charge in [0.1, 0.15) is 12.0 Å². The molecule has 0 fully saturated rings. The third-order valence-electron chi connectivity index (χ3n) is 12.8. The molecule has 1 aliphatic heterocycles. The van der Waals surface area contributed by atoms with E-state index in [1.807, 2.05) is 12.1 Å². The molecular formula is C51H48N6. The molecule has 5 aliphatic rings. The summed E-state index contributed by atoms with van der Waals surface area (Å²) in [6, 6.07) is 25.9. The summed E-state index contributed by atoms with van der Waals surface area (Å²) in [4.78, 5) is 13.4. The number of hydrogen-bond donors (Lipinski definition) is 0. The predicted octanol–water partition coefficient (Wildman–Crippen LogP) is 10.0. The highest BCUT2D eigenvalue weighted by Gasteiger charge is 2.34. The van der Waals surface area contributed by atoms with E-state index in [9.17, 15) is 5.26 Å². The summed E-state index contributed by atoms with van der Waals surface area (Å²) < 4.78 is 5.02. The summed E-state index contributed by atoms with van der Waals surface area (Å²) in [5.74, 6) is 3.26. The minimum absolute atomic E-state index is 0.191. The first-order chi connectivity index (χ1) is 27.8. The Hall–Kier alpha value is -6.19. The average molecular weight is 745 g/mol. The quantitative estimate of drug-likeness (QED) is 0.180. The molecule has 0 saturated carbocycles. The summed E-state index contributed by atoms with van der Waals surface area (Å²) >= 11 is 0. The van der Waals surface area contributed by atoms with Crippen molar-refractivity contribution in [2.45, 2.75) is 59.5 Å². The molecule has 282 valence electrons. The summed E-state index contributed by atoms with van der Waals surface area (Å²) in [5.41, 5.74) is 11.8. The maximum absolute atomic E-state index is 9.81. The van der Waals surface area contributed by atoms with E-state index in [1.54, 1.807) is 0 Å². The number of aliphatic imine (C=N–C) groups is 2. The number of amidine groups is 2. The van der Waals surface area contributed by atoms with Crippen molar-refractivity contribution >= 4 is 56.9 Å². The lowest BCUT2D eigenvalue weighted by Gasteiger charge is -2.36. The lowest BCUT2D eigenvalue weighted by molar-refractivity contribution is 0.379. The number of allylic oxidation sites excluding steroid dienone is 8. The van der Waals surface area contributed by atoms with E-state index in [-0.39, 0.29) is 12.1 Å². The van der Waals surface area contributed by atoms with E-state index in [2.05, 4.69) is 164 Å². The van der Waals surface area contributed by atoms with Crippen molar-refractivity contribution in [3.05, 3.63) is 148 Å². The second-order valence-electron chi connectivity index (χ2n) is 16.8. The number of nitrogens with zero attached hydrogens (tertiary/aromatic N) is 6. The van der Waals surface area contributed by atoms with Gasteiger partial charge in [0.05, 0.1) is 28.0 Å². The monoisotopic (exact) mass is 744 g/mol. The molecule has 6 nitrogen and oxygen atoms in total. The van der Waals surface area contributed by atoms with Crippen molar-refractivity contribution in [3.63, 3.8) is 0 Å². The largest absolute Gasteiger partial charge is 0.333 e. The van der Waals surface area contributed by atoms with Gasteiger partial charge in [0.2, 0.25) is 0 Å². The minimum atomic E-state index is -0.213. The molecule has 0 radical (unpaired) electrons. The highest BCUT2D eigenvalue weighted by atomic mass is 15.3. The van der Waals surface area contributed by atoms with Crippen LogP contribution in [0.1, 0.15) is 75.5 Å². The van der Waals surface area contributed by atoms with E-state index in [0.29, 0.717) is 23.3 Å². The van der Waals surface area contributed by atoms with Crippen LogP contribution in [0, 0.1) is 35.0 Å². The van der Waals surface area contributed by atoms with E-state index in [4.69, 9.17) is 9.98 Å². The summed E-state index contributed by atoms with van der Waals surface area (Å²) in [5, 5.41) is 14.7. The van der Waals surface area contributed by atoms with Crippen molar-refractivity contribution in [2.24, 2.45) is 33.7 Å². The number of aromatic nitrogens is 2. The van der Waals surface area contributed by atoms with Gasteiger partial charge >= 0.3 is 0 Å². The molecule has 6 heteroatoms. The number of rotatable bonds is 5. The Morgan fingerprint density at radius 2 is 1.61 bits per heavy atom. The lowest BCUT2D eigenvalue weighted by atomic mass is 9.88. The lowest BCUT2D eigenvalue weighted by Crippen LogP contribution is -2.41. The van der Waals surface area contributed by atoms with Crippen LogP contribution in [-0.2, 0) is 6.42 Å². The summed E-state index contributed by atoms with van der Waals surface area (Å²) in [6.07, 6.45) is 24.3. The fourth-order valence-corrected chi connectivity index (χ4v) is 9.89. The minimum Gasteiger partial charge on any atom is -0.333 e. The van der Waals surface area contributed by atoms with Crippen molar-refractivity contribution in [1.82, 2.24) is 14.0 Å². The van der Waals surface area contributed by atoms with Crippen LogP contribution in [-0.4, -0.2) is 32.8 Å². The highest BCUT2D eigenvalue weighted by molar-refractivity contribution is 6.26. The SMILES string of the molecule is CC1C=CC=C(n2c3c(c4c2ccc2c5c(n(-c6ccc(C#N)cc6)c24)=CCC(C)C=5C2=NC(c4ccccc4)N(C)C(C4=CC=CCC4C)=N2)CC(C)C=C3)C1. The standard InChI is InChI=1S/C51H48N6/c1-31-12-11-16-38(28-31)56-42-25-18-32(2)29-41(42)47-44(56)27-24-40-46-43(57(48(40)47)37-22-20-35(30-52)21-23-37)26-19-34(4)45(46)49-53-50(36-14-7-6-8-15-36)55(5)51(54-49)39-17-10-9-13-33(39)3/h6-12,14-18,20-27,31-34,50H,13,19,28-29H2,1-5H3. The molecule has 5 aromatic rings. The molecule has 3 aromatic carbocycles. The third-order valence-corrected chi connectivity index (χ3v) is 12.8. The highest BCUT2D eigenvalue weighted by Crippen LogP contribution is 2.42. The van der Waals surface area contributed by atoms with Crippen LogP contribution in [0.5, 0.6) is 0 Å². The predicted molar refractivity (Wildman–Crippen MR) is 236 cm³/mol. The van der Waals surface area contributed by atoms with E-state index in [1.165, 1.54) is 60.5 Å². The number of nitriles is 1. The molecule has 0 amide bonds. The zero-order valence-corrected chi connectivity index (χ0v) is 33.4. The normalized spacial score (nSPS) is 24.0. The number of fused-ring (bicyclic) bond motifs is 7. The molecule has 5 unspecified atom stereocenters. The van der Waals surface area contributed by atoms with Gasteiger partial charge in [-0.15, -0.1) is 0 Å². The second-order valence-corrected chi connectivity index (χ2v) is 16.8. The molecule has 5 atom stereocenters. The van der Waals surface area contributed by atoms with Crippen molar-refractivity contribution in [1.29, 1.82) is 5.26 Å². The third kappa shape index (κ3) is 5.66. The van der Waals surface area contributed by atoms with Gasteiger partial charge in [-0.05, 0) is 109 Å². The van der Waals surface area contributed by atoms with Crippen LogP contribution in [0.25, 0.3) is 50.9 Å². The molecule has 0 spiro atoms. The second kappa shape index (κ2) is 13.8. The van der Waals surface area contributed by atoms with Crippen molar-refractivity contribution < 1.29 is 0 Å². The Balaban J connectivity index is 1.34. The van der Waals surface area contributed by atoms with E-state index < -0.39 is 0 Å². The summed E-state index contributed by atoms with van der Waals surface area (Å²) in [7, 11) is 2.14. The van der Waals surface area contributed by atoms with Crippen LogP contribution >= 0.6 is 0 Å². The molecule has 4 aliphatic carbocycles. The van der Waals surface area contributed by atoms with Gasteiger partial charge < -0.3 is 14.0 Å². The van der Waals surface area contributed by atoms with E-state index in [0.717, 1.165) is 48.6 Å². The smallest absolute Gasteiger partial charge is 0.156 e. The van der Waals surface area contributed by atoms with Gasteiger partial charge in [0, 0.05) is 45.7 Å². The van der Waals surface area contributed by atoms with Gasteiger partial charge in [-0.25, -0.2) is 9.98 Å².